The number of hydrogen-bond donors (Lipinski definition) is 5. The lowest BCUT2D eigenvalue weighted by atomic mass is 9.83. The highest BCUT2D eigenvalue weighted by Gasteiger charge is 2.38. The summed E-state index contributed by atoms with van der Waals surface area (Å²) in [6.07, 6.45) is 5.46. The lowest BCUT2D eigenvalue weighted by Gasteiger charge is -2.33. The maximum atomic E-state index is 13.5. The molecular weight excluding hydrogens is 490 g/mol. The summed E-state index contributed by atoms with van der Waals surface area (Å²) in [4.78, 5) is 63.6. The molecule has 0 aromatic heterocycles. The number of ether oxygens (including phenoxy) is 1. The zero-order valence-electron chi connectivity index (χ0n) is 23.8. The number of carbonyl (C=O) groups is 5. The monoisotopic (exact) mass is 537 g/mol. The molecule has 3 unspecified atom stereocenters. The topological polar surface area (TPSA) is 169 Å². The highest BCUT2D eigenvalue weighted by Crippen LogP contribution is 2.28. The number of amides is 5. The number of carbonyl (C=O) groups excluding carboxylic acids is 5. The Bertz CT molecular complexity index is 872. The third-order valence-electron chi connectivity index (χ3n) is 7.06. The number of nitrogens with one attached hydrogen (secondary N) is 4. The van der Waals surface area contributed by atoms with E-state index < -0.39 is 58.9 Å². The van der Waals surface area contributed by atoms with E-state index >= 15 is 0 Å². The second-order valence-corrected chi connectivity index (χ2v) is 12.7. The Morgan fingerprint density at radius 3 is 2.00 bits per heavy atom. The van der Waals surface area contributed by atoms with E-state index in [0.29, 0.717) is 19.4 Å². The van der Waals surface area contributed by atoms with Crippen molar-refractivity contribution in [2.45, 2.75) is 117 Å². The van der Waals surface area contributed by atoms with Crippen LogP contribution in [0.5, 0.6) is 0 Å². The summed E-state index contributed by atoms with van der Waals surface area (Å²) < 4.78 is 5.35. The predicted octanol–water partition coefficient (Wildman–Crippen LogP) is 1.88. The lowest BCUT2D eigenvalue weighted by molar-refractivity contribution is -0.133. The van der Waals surface area contributed by atoms with Crippen LogP contribution < -0.4 is 27.0 Å². The molecule has 1 aliphatic carbocycles. The number of rotatable bonds is 10. The third-order valence-corrected chi connectivity index (χ3v) is 7.06. The van der Waals surface area contributed by atoms with Crippen molar-refractivity contribution in [3.8, 4) is 0 Å². The van der Waals surface area contributed by atoms with Gasteiger partial charge in [0.15, 0.2) is 0 Å². The largest absolute Gasteiger partial charge is 0.444 e. The van der Waals surface area contributed by atoms with Crippen molar-refractivity contribution in [3.63, 3.8) is 0 Å². The first kappa shape index (κ1) is 31.4. The van der Waals surface area contributed by atoms with Gasteiger partial charge < -0.3 is 31.7 Å². The summed E-state index contributed by atoms with van der Waals surface area (Å²) in [5.74, 6) is -2.14. The molecule has 1 heterocycles. The average molecular weight is 538 g/mol. The van der Waals surface area contributed by atoms with Crippen LogP contribution in [0.3, 0.4) is 0 Å². The maximum absolute atomic E-state index is 13.5. The van der Waals surface area contributed by atoms with E-state index in [0.717, 1.165) is 32.1 Å². The van der Waals surface area contributed by atoms with Crippen molar-refractivity contribution < 1.29 is 28.7 Å². The van der Waals surface area contributed by atoms with Gasteiger partial charge in [-0.05, 0) is 51.4 Å². The zero-order valence-corrected chi connectivity index (χ0v) is 23.8. The molecule has 2 aliphatic rings. The summed E-state index contributed by atoms with van der Waals surface area (Å²) in [5, 5.41) is 10.9. The van der Waals surface area contributed by atoms with Crippen LogP contribution in [0.1, 0.15) is 92.9 Å². The van der Waals surface area contributed by atoms with Gasteiger partial charge in [0.2, 0.25) is 23.6 Å². The second-order valence-electron chi connectivity index (χ2n) is 12.7. The first-order chi connectivity index (χ1) is 17.6. The van der Waals surface area contributed by atoms with Gasteiger partial charge in [0.05, 0.1) is 0 Å². The summed E-state index contributed by atoms with van der Waals surface area (Å²) >= 11 is 0. The maximum Gasteiger partial charge on any atom is 0.408 e. The summed E-state index contributed by atoms with van der Waals surface area (Å²) in [7, 11) is 0. The van der Waals surface area contributed by atoms with Gasteiger partial charge in [-0.25, -0.2) is 4.79 Å². The minimum absolute atomic E-state index is 0.0990. The van der Waals surface area contributed by atoms with Gasteiger partial charge in [-0.15, -0.1) is 0 Å². The Balaban J connectivity index is 2.20. The van der Waals surface area contributed by atoms with E-state index in [9.17, 15) is 24.0 Å². The number of nitrogens with two attached hydrogens (primary N) is 1. The standard InChI is InChI=1S/C27H47N5O6/c1-26(2,3)20(32-25(37)38-27(4,5)6)24(36)31-19(14-16-10-8-7-9-11-16)23(35)30-18(21(28)33)15-17-12-13-29-22(17)34/h16-20H,7-15H2,1-6H3,(H2,28,33)(H,29,34)(H,30,35)(H,31,36)(H,32,37)/t17?,18?,19-,20?/m0/s1. The van der Waals surface area contributed by atoms with E-state index in [4.69, 9.17) is 10.5 Å². The molecular formula is C27H47N5O6. The summed E-state index contributed by atoms with van der Waals surface area (Å²) in [5.41, 5.74) is 4.14. The molecule has 11 nitrogen and oxygen atoms in total. The van der Waals surface area contributed by atoms with Crippen LogP contribution in [0.25, 0.3) is 0 Å². The molecule has 0 bridgehead atoms. The van der Waals surface area contributed by atoms with Crippen molar-refractivity contribution in [2.75, 3.05) is 6.54 Å². The molecule has 0 aromatic rings. The molecule has 0 spiro atoms. The Labute approximate surface area is 226 Å². The van der Waals surface area contributed by atoms with Gasteiger partial charge >= 0.3 is 6.09 Å². The fraction of sp³-hybridized carbons (Fsp3) is 0.815. The Hall–Kier alpha value is -2.85. The number of primary amides is 1. The van der Waals surface area contributed by atoms with E-state index in [1.165, 1.54) is 0 Å². The molecule has 2 fully saturated rings. The SMILES string of the molecule is CC(C)(C)OC(=O)NC(C(=O)N[C@@H](CC1CCCCC1)C(=O)NC(CC1CCNC1=O)C(N)=O)C(C)(C)C. The van der Waals surface area contributed by atoms with Crippen molar-refractivity contribution in [2.24, 2.45) is 23.0 Å². The van der Waals surface area contributed by atoms with Crippen molar-refractivity contribution >= 4 is 29.7 Å². The van der Waals surface area contributed by atoms with E-state index in [-0.39, 0.29) is 18.2 Å². The van der Waals surface area contributed by atoms with E-state index in [1.807, 2.05) is 0 Å². The van der Waals surface area contributed by atoms with Gasteiger partial charge in [-0.3, -0.25) is 19.2 Å². The minimum Gasteiger partial charge on any atom is -0.444 e. The highest BCUT2D eigenvalue weighted by atomic mass is 16.6. The smallest absolute Gasteiger partial charge is 0.408 e. The molecule has 6 N–H and O–H groups in total. The van der Waals surface area contributed by atoms with Gasteiger partial charge in [0, 0.05) is 12.5 Å². The Morgan fingerprint density at radius 1 is 0.895 bits per heavy atom. The fourth-order valence-electron chi connectivity index (χ4n) is 5.02. The lowest BCUT2D eigenvalue weighted by Crippen LogP contribution is -2.59. The van der Waals surface area contributed by atoms with Gasteiger partial charge in [-0.2, -0.15) is 0 Å². The third kappa shape index (κ3) is 10.1. The fourth-order valence-corrected chi connectivity index (χ4v) is 5.02. The van der Waals surface area contributed by atoms with Crippen LogP contribution in [-0.2, 0) is 23.9 Å². The molecule has 1 saturated carbocycles. The van der Waals surface area contributed by atoms with Gasteiger partial charge in [0.25, 0.3) is 0 Å². The molecule has 0 radical (unpaired) electrons. The van der Waals surface area contributed by atoms with Gasteiger partial charge in [-0.1, -0.05) is 52.9 Å². The van der Waals surface area contributed by atoms with E-state index in [2.05, 4.69) is 21.3 Å². The molecule has 0 aromatic carbocycles. The zero-order chi connectivity index (χ0) is 28.7. The average Bonchev–Trinajstić information content (AvgIpc) is 3.19. The molecule has 216 valence electrons. The first-order valence-electron chi connectivity index (χ1n) is 13.7. The second kappa shape index (κ2) is 13.3. The quantitative estimate of drug-likeness (QED) is 0.285. The van der Waals surface area contributed by atoms with Crippen molar-refractivity contribution in [3.05, 3.63) is 0 Å². The van der Waals surface area contributed by atoms with Crippen molar-refractivity contribution in [1.29, 1.82) is 0 Å². The molecule has 5 amide bonds. The normalized spacial score (nSPS) is 21.0. The summed E-state index contributed by atoms with van der Waals surface area (Å²) in [6, 6.07) is -2.95. The van der Waals surface area contributed by atoms with E-state index in [1.54, 1.807) is 41.5 Å². The number of alkyl carbamates (subject to hydrolysis) is 1. The number of hydrogen-bond acceptors (Lipinski definition) is 6. The molecule has 11 heteroatoms. The van der Waals surface area contributed by atoms with Crippen LogP contribution in [0.2, 0.25) is 0 Å². The van der Waals surface area contributed by atoms with Gasteiger partial charge in [0.1, 0.15) is 23.7 Å². The highest BCUT2D eigenvalue weighted by molar-refractivity contribution is 5.94. The first-order valence-corrected chi connectivity index (χ1v) is 13.7. The van der Waals surface area contributed by atoms with Crippen LogP contribution in [0.15, 0.2) is 0 Å². The summed E-state index contributed by atoms with van der Waals surface area (Å²) in [6.45, 7) is 11.1. The van der Waals surface area contributed by atoms with Crippen LogP contribution in [-0.4, -0.2) is 60.0 Å². The van der Waals surface area contributed by atoms with Crippen LogP contribution in [0, 0.1) is 17.3 Å². The molecule has 1 saturated heterocycles. The van der Waals surface area contributed by atoms with Crippen LogP contribution >= 0.6 is 0 Å². The molecule has 1 aliphatic heterocycles. The van der Waals surface area contributed by atoms with Crippen molar-refractivity contribution in [1.82, 2.24) is 21.3 Å². The minimum atomic E-state index is -1.04. The van der Waals surface area contributed by atoms with Crippen LogP contribution in [0.4, 0.5) is 4.79 Å². The predicted molar refractivity (Wildman–Crippen MR) is 143 cm³/mol. The molecule has 4 atom stereocenters. The molecule has 2 rings (SSSR count). The Morgan fingerprint density at radius 2 is 1.50 bits per heavy atom. The Kier molecular flexibility index (Phi) is 11.0. The molecule has 38 heavy (non-hydrogen) atoms.